The van der Waals surface area contributed by atoms with Gasteiger partial charge in [-0.3, -0.25) is 9.78 Å². The third-order valence-electron chi connectivity index (χ3n) is 3.55. The molecule has 2 unspecified atom stereocenters. The number of nitrogens with one attached hydrogen (secondary N) is 1. The molecule has 0 radical (unpaired) electrons. The molecule has 0 spiro atoms. The minimum absolute atomic E-state index is 0.201. The predicted octanol–water partition coefficient (Wildman–Crippen LogP) is 1.80. The lowest BCUT2D eigenvalue weighted by atomic mass is 9.88. The van der Waals surface area contributed by atoms with E-state index >= 15 is 0 Å². The van der Waals surface area contributed by atoms with Crippen LogP contribution in [-0.2, 0) is 4.74 Å². The van der Waals surface area contributed by atoms with Crippen molar-refractivity contribution in [3.05, 3.63) is 24.3 Å². The molecule has 0 bridgehead atoms. The Morgan fingerprint density at radius 1 is 1.42 bits per heavy atom. The number of ether oxygens (including phenoxy) is 1. The van der Waals surface area contributed by atoms with Gasteiger partial charge in [-0.2, -0.15) is 0 Å². The van der Waals surface area contributed by atoms with Gasteiger partial charge in [0.2, 0.25) is 0 Å². The number of carbonyl (C=O) groups is 1. The van der Waals surface area contributed by atoms with Crippen LogP contribution in [0.3, 0.4) is 0 Å². The van der Waals surface area contributed by atoms with Crippen molar-refractivity contribution in [2.75, 3.05) is 13.2 Å². The van der Waals surface area contributed by atoms with Gasteiger partial charge in [-0.15, -0.1) is 0 Å². The molecule has 0 saturated heterocycles. The van der Waals surface area contributed by atoms with Crippen LogP contribution in [0.15, 0.2) is 18.6 Å². The van der Waals surface area contributed by atoms with Crippen LogP contribution in [0.2, 0.25) is 0 Å². The molecule has 5 nitrogen and oxygen atoms in total. The van der Waals surface area contributed by atoms with E-state index < -0.39 is 0 Å². The molecule has 2 rings (SSSR count). The monoisotopic (exact) mass is 263 g/mol. The summed E-state index contributed by atoms with van der Waals surface area (Å²) >= 11 is 0. The summed E-state index contributed by atoms with van der Waals surface area (Å²) in [5, 5.41) is 2.79. The number of amides is 1. The summed E-state index contributed by atoms with van der Waals surface area (Å²) in [7, 11) is 0. The van der Waals surface area contributed by atoms with Gasteiger partial charge in [-0.1, -0.05) is 19.8 Å². The molecule has 1 saturated carbocycles. The van der Waals surface area contributed by atoms with E-state index in [1.807, 2.05) is 0 Å². The standard InChI is InChI=1S/C14H21N3O2/c1-11-4-2-3-5-13(11)19-9-8-17-14(18)12-10-15-6-7-16-12/h6-7,10-11,13H,2-5,8-9H2,1H3,(H,17,18). The SMILES string of the molecule is CC1CCCCC1OCCNC(=O)c1cnccn1. The molecule has 19 heavy (non-hydrogen) atoms. The molecule has 104 valence electrons. The highest BCUT2D eigenvalue weighted by atomic mass is 16.5. The number of nitrogens with zero attached hydrogens (tertiary/aromatic N) is 2. The van der Waals surface area contributed by atoms with Crippen LogP contribution < -0.4 is 5.32 Å². The van der Waals surface area contributed by atoms with Gasteiger partial charge >= 0.3 is 0 Å². The van der Waals surface area contributed by atoms with Gasteiger partial charge in [0.05, 0.1) is 18.9 Å². The first-order valence-corrected chi connectivity index (χ1v) is 6.93. The molecule has 1 N–H and O–H groups in total. The third-order valence-corrected chi connectivity index (χ3v) is 3.55. The van der Waals surface area contributed by atoms with Gasteiger partial charge < -0.3 is 10.1 Å². The van der Waals surface area contributed by atoms with Crippen molar-refractivity contribution < 1.29 is 9.53 Å². The molecule has 1 aromatic heterocycles. The maximum Gasteiger partial charge on any atom is 0.271 e. The lowest BCUT2D eigenvalue weighted by Crippen LogP contribution is -2.32. The molecule has 2 atom stereocenters. The van der Waals surface area contributed by atoms with Crippen molar-refractivity contribution in [3.63, 3.8) is 0 Å². The highest BCUT2D eigenvalue weighted by Gasteiger charge is 2.21. The average molecular weight is 263 g/mol. The second kappa shape index (κ2) is 7.19. The number of hydrogen-bond acceptors (Lipinski definition) is 4. The van der Waals surface area contributed by atoms with Crippen LogP contribution in [0.1, 0.15) is 43.1 Å². The Balaban J connectivity index is 1.65. The highest BCUT2D eigenvalue weighted by Crippen LogP contribution is 2.25. The average Bonchev–Trinajstić information content (AvgIpc) is 2.46. The Kier molecular flexibility index (Phi) is 5.27. The fraction of sp³-hybridized carbons (Fsp3) is 0.643. The second-order valence-electron chi connectivity index (χ2n) is 5.02. The molecular formula is C14H21N3O2. The van der Waals surface area contributed by atoms with Gasteiger partial charge in [0.25, 0.3) is 5.91 Å². The van der Waals surface area contributed by atoms with Crippen LogP contribution in [0.5, 0.6) is 0 Å². The lowest BCUT2D eigenvalue weighted by molar-refractivity contribution is -0.00295. The quantitative estimate of drug-likeness (QED) is 0.823. The number of rotatable bonds is 5. The van der Waals surface area contributed by atoms with Gasteiger partial charge in [-0.25, -0.2) is 4.98 Å². The lowest BCUT2D eigenvalue weighted by Gasteiger charge is -2.28. The first kappa shape index (κ1) is 13.9. The van der Waals surface area contributed by atoms with Crippen molar-refractivity contribution in [2.24, 2.45) is 5.92 Å². The summed E-state index contributed by atoms with van der Waals surface area (Å²) in [4.78, 5) is 19.5. The smallest absolute Gasteiger partial charge is 0.271 e. The van der Waals surface area contributed by atoms with E-state index in [9.17, 15) is 4.79 Å². The minimum Gasteiger partial charge on any atom is -0.376 e. The molecule has 5 heteroatoms. The van der Waals surface area contributed by atoms with Crippen molar-refractivity contribution in [2.45, 2.75) is 38.7 Å². The topological polar surface area (TPSA) is 64.1 Å². The van der Waals surface area contributed by atoms with Crippen molar-refractivity contribution in [1.29, 1.82) is 0 Å². The first-order chi connectivity index (χ1) is 9.27. The van der Waals surface area contributed by atoms with E-state index in [1.165, 1.54) is 31.7 Å². The summed E-state index contributed by atoms with van der Waals surface area (Å²) < 4.78 is 5.83. The number of hydrogen-bond donors (Lipinski definition) is 1. The Labute approximate surface area is 113 Å². The molecule has 1 heterocycles. The minimum atomic E-state index is -0.201. The van der Waals surface area contributed by atoms with E-state index in [0.29, 0.717) is 30.9 Å². The zero-order valence-electron chi connectivity index (χ0n) is 11.3. The van der Waals surface area contributed by atoms with E-state index in [0.717, 1.165) is 6.42 Å². The summed E-state index contributed by atoms with van der Waals surface area (Å²) in [6.07, 6.45) is 9.81. The molecule has 1 amide bonds. The first-order valence-electron chi connectivity index (χ1n) is 6.93. The van der Waals surface area contributed by atoms with Crippen LogP contribution in [-0.4, -0.2) is 35.1 Å². The van der Waals surface area contributed by atoms with E-state index in [2.05, 4.69) is 22.2 Å². The number of aromatic nitrogens is 2. The largest absolute Gasteiger partial charge is 0.376 e. The van der Waals surface area contributed by atoms with E-state index in [4.69, 9.17) is 4.74 Å². The van der Waals surface area contributed by atoms with Crippen molar-refractivity contribution in [1.82, 2.24) is 15.3 Å². The van der Waals surface area contributed by atoms with Crippen LogP contribution in [0.25, 0.3) is 0 Å². The van der Waals surface area contributed by atoms with Crippen LogP contribution in [0.4, 0.5) is 0 Å². The molecule has 1 aromatic rings. The summed E-state index contributed by atoms with van der Waals surface area (Å²) in [6, 6.07) is 0. The zero-order chi connectivity index (χ0) is 13.5. The maximum atomic E-state index is 11.7. The normalized spacial score (nSPS) is 23.0. The fourth-order valence-corrected chi connectivity index (χ4v) is 2.41. The van der Waals surface area contributed by atoms with Gasteiger partial charge in [0, 0.05) is 18.9 Å². The molecule has 1 fully saturated rings. The number of carbonyl (C=O) groups excluding carboxylic acids is 1. The Bertz CT molecular complexity index is 397. The molecule has 1 aliphatic rings. The van der Waals surface area contributed by atoms with E-state index in [1.54, 1.807) is 6.20 Å². The molecule has 0 aromatic carbocycles. The third kappa shape index (κ3) is 4.28. The Morgan fingerprint density at radius 3 is 3.00 bits per heavy atom. The predicted molar refractivity (Wildman–Crippen MR) is 71.7 cm³/mol. The van der Waals surface area contributed by atoms with Crippen LogP contribution in [0, 0.1) is 5.92 Å². The van der Waals surface area contributed by atoms with E-state index in [-0.39, 0.29) is 5.91 Å². The fourth-order valence-electron chi connectivity index (χ4n) is 2.41. The van der Waals surface area contributed by atoms with Gasteiger partial charge in [0.15, 0.2) is 0 Å². The van der Waals surface area contributed by atoms with Crippen molar-refractivity contribution >= 4 is 5.91 Å². The summed E-state index contributed by atoms with van der Waals surface area (Å²) in [5.74, 6) is 0.429. The van der Waals surface area contributed by atoms with Gasteiger partial charge in [-0.05, 0) is 18.8 Å². The summed E-state index contributed by atoms with van der Waals surface area (Å²) in [5.41, 5.74) is 0.341. The zero-order valence-corrected chi connectivity index (χ0v) is 11.3. The molecular weight excluding hydrogens is 242 g/mol. The van der Waals surface area contributed by atoms with Crippen LogP contribution >= 0.6 is 0 Å². The Hall–Kier alpha value is -1.49. The van der Waals surface area contributed by atoms with Gasteiger partial charge in [0.1, 0.15) is 5.69 Å². The maximum absolute atomic E-state index is 11.7. The highest BCUT2D eigenvalue weighted by molar-refractivity contribution is 5.91. The Morgan fingerprint density at radius 2 is 2.26 bits per heavy atom. The molecule has 1 aliphatic carbocycles. The second-order valence-corrected chi connectivity index (χ2v) is 5.02. The molecule has 0 aliphatic heterocycles. The summed E-state index contributed by atoms with van der Waals surface area (Å²) in [6.45, 7) is 3.31. The van der Waals surface area contributed by atoms with Crippen molar-refractivity contribution in [3.8, 4) is 0 Å².